The van der Waals surface area contributed by atoms with E-state index in [9.17, 15) is 9.90 Å². The number of carbonyl (C=O) groups excluding carboxylic acids is 1. The van der Waals surface area contributed by atoms with E-state index < -0.39 is 0 Å². The topological polar surface area (TPSA) is 55.8 Å². The van der Waals surface area contributed by atoms with Crippen LogP contribution in [0.4, 0.5) is 0 Å². The summed E-state index contributed by atoms with van der Waals surface area (Å²) in [5.41, 5.74) is -0.109. The predicted octanol–water partition coefficient (Wildman–Crippen LogP) is -0.491. The van der Waals surface area contributed by atoms with Crippen molar-refractivity contribution in [2.24, 2.45) is 5.41 Å². The van der Waals surface area contributed by atoms with Gasteiger partial charge in [-0.05, 0) is 13.5 Å². The van der Waals surface area contributed by atoms with E-state index in [0.29, 0.717) is 6.54 Å². The molecule has 2 N–H and O–H groups in total. The summed E-state index contributed by atoms with van der Waals surface area (Å²) >= 11 is 0. The molecule has 5 heteroatoms. The Balaban J connectivity index is 1.72. The molecule has 2 aliphatic rings. The van der Waals surface area contributed by atoms with Crippen molar-refractivity contribution in [2.45, 2.75) is 32.4 Å². The van der Waals surface area contributed by atoms with Gasteiger partial charge in [0, 0.05) is 37.6 Å². The van der Waals surface area contributed by atoms with Crippen LogP contribution in [0.25, 0.3) is 0 Å². The third-order valence-electron chi connectivity index (χ3n) is 4.57. The lowest BCUT2D eigenvalue weighted by atomic mass is 9.64. The number of nitrogens with zero attached hydrogens (tertiary/aromatic N) is 2. The van der Waals surface area contributed by atoms with Crippen LogP contribution in [0.2, 0.25) is 0 Å². The monoisotopic (exact) mass is 255 g/mol. The molecule has 0 radical (unpaired) electrons. The van der Waals surface area contributed by atoms with Gasteiger partial charge in [0.05, 0.1) is 12.6 Å². The average molecular weight is 255 g/mol. The van der Waals surface area contributed by atoms with Crippen LogP contribution in [0.5, 0.6) is 0 Å². The van der Waals surface area contributed by atoms with Gasteiger partial charge in [0.15, 0.2) is 0 Å². The summed E-state index contributed by atoms with van der Waals surface area (Å²) in [6, 6.07) is 0.254. The van der Waals surface area contributed by atoms with Crippen LogP contribution in [0.1, 0.15) is 20.3 Å². The summed E-state index contributed by atoms with van der Waals surface area (Å²) in [4.78, 5) is 16.2. The van der Waals surface area contributed by atoms with Crippen LogP contribution in [0.15, 0.2) is 0 Å². The highest BCUT2D eigenvalue weighted by Gasteiger charge is 2.47. The van der Waals surface area contributed by atoms with Gasteiger partial charge in [0.1, 0.15) is 0 Å². The second kappa shape index (κ2) is 5.15. The lowest BCUT2D eigenvalue weighted by Gasteiger charge is -2.49. The number of likely N-dealkylation sites (N-methyl/N-ethyl adjacent to an activating group) is 1. The van der Waals surface area contributed by atoms with Crippen molar-refractivity contribution >= 4 is 5.91 Å². The molecule has 0 bridgehead atoms. The summed E-state index contributed by atoms with van der Waals surface area (Å²) in [6.45, 7) is 8.04. The standard InChI is InChI=1S/C13H25N3O2/c1-13(2)10(8-11(13)17)14-9-12(18)16-6-4-15(3)5-7-16/h10-11,14,17H,4-9H2,1-3H3. The summed E-state index contributed by atoms with van der Waals surface area (Å²) in [7, 11) is 2.08. The second-order valence-electron chi connectivity index (χ2n) is 6.19. The summed E-state index contributed by atoms with van der Waals surface area (Å²) < 4.78 is 0. The van der Waals surface area contributed by atoms with Crippen LogP contribution in [-0.2, 0) is 4.79 Å². The van der Waals surface area contributed by atoms with Gasteiger partial charge < -0.3 is 20.2 Å². The molecule has 1 amide bonds. The van der Waals surface area contributed by atoms with Crippen LogP contribution in [0, 0.1) is 5.41 Å². The van der Waals surface area contributed by atoms with Gasteiger partial charge in [-0.25, -0.2) is 0 Å². The molecule has 1 saturated heterocycles. The van der Waals surface area contributed by atoms with Crippen molar-refractivity contribution < 1.29 is 9.90 Å². The maximum absolute atomic E-state index is 12.0. The van der Waals surface area contributed by atoms with Crippen molar-refractivity contribution in [2.75, 3.05) is 39.8 Å². The highest BCUT2D eigenvalue weighted by molar-refractivity contribution is 5.78. The number of piperazine rings is 1. The van der Waals surface area contributed by atoms with Crippen LogP contribution >= 0.6 is 0 Å². The van der Waals surface area contributed by atoms with Gasteiger partial charge >= 0.3 is 0 Å². The Kier molecular flexibility index (Phi) is 3.94. The zero-order chi connectivity index (χ0) is 13.3. The van der Waals surface area contributed by atoms with Gasteiger partial charge in [-0.15, -0.1) is 0 Å². The fourth-order valence-electron chi connectivity index (χ4n) is 2.63. The Morgan fingerprint density at radius 2 is 1.94 bits per heavy atom. The van der Waals surface area contributed by atoms with Crippen molar-refractivity contribution in [3.63, 3.8) is 0 Å². The third-order valence-corrected chi connectivity index (χ3v) is 4.57. The van der Waals surface area contributed by atoms with Crippen molar-refractivity contribution in [3.05, 3.63) is 0 Å². The molecule has 18 heavy (non-hydrogen) atoms. The maximum Gasteiger partial charge on any atom is 0.236 e. The Hall–Kier alpha value is -0.650. The molecule has 2 unspecified atom stereocenters. The number of carbonyl (C=O) groups is 1. The first kappa shape index (κ1) is 13.8. The molecule has 1 aliphatic heterocycles. The van der Waals surface area contributed by atoms with Gasteiger partial charge in [0.2, 0.25) is 5.91 Å². The van der Waals surface area contributed by atoms with E-state index in [1.165, 1.54) is 0 Å². The molecule has 1 heterocycles. The zero-order valence-electron chi connectivity index (χ0n) is 11.6. The average Bonchev–Trinajstić information content (AvgIpc) is 2.34. The van der Waals surface area contributed by atoms with E-state index in [1.807, 2.05) is 18.7 Å². The van der Waals surface area contributed by atoms with E-state index in [4.69, 9.17) is 0 Å². The molecule has 0 aromatic heterocycles. The largest absolute Gasteiger partial charge is 0.392 e. The van der Waals surface area contributed by atoms with Crippen molar-refractivity contribution in [1.82, 2.24) is 15.1 Å². The smallest absolute Gasteiger partial charge is 0.236 e. The number of hydrogen-bond acceptors (Lipinski definition) is 4. The third kappa shape index (κ3) is 2.68. The van der Waals surface area contributed by atoms with Crippen LogP contribution in [0.3, 0.4) is 0 Å². The lowest BCUT2D eigenvalue weighted by molar-refractivity contribution is -0.133. The molecule has 0 aromatic carbocycles. The van der Waals surface area contributed by atoms with Crippen LogP contribution in [-0.4, -0.2) is 72.7 Å². The number of nitrogens with one attached hydrogen (secondary N) is 1. The first-order chi connectivity index (χ1) is 8.41. The molecule has 0 aromatic rings. The SMILES string of the molecule is CN1CCN(C(=O)CNC2CC(O)C2(C)C)CC1. The molecular formula is C13H25N3O2. The quantitative estimate of drug-likeness (QED) is 0.714. The van der Waals surface area contributed by atoms with E-state index in [1.54, 1.807) is 0 Å². The predicted molar refractivity (Wildman–Crippen MR) is 70.3 cm³/mol. The lowest BCUT2D eigenvalue weighted by Crippen LogP contribution is -2.61. The fourth-order valence-corrected chi connectivity index (χ4v) is 2.63. The molecule has 1 aliphatic carbocycles. The summed E-state index contributed by atoms with van der Waals surface area (Å²) in [5, 5.41) is 12.9. The molecule has 0 spiro atoms. The minimum Gasteiger partial charge on any atom is -0.392 e. The number of hydrogen-bond donors (Lipinski definition) is 2. The summed E-state index contributed by atoms with van der Waals surface area (Å²) in [6.07, 6.45) is 0.511. The Labute approximate surface area is 109 Å². The van der Waals surface area contributed by atoms with Crippen molar-refractivity contribution in [3.8, 4) is 0 Å². The minimum absolute atomic E-state index is 0.109. The molecule has 5 nitrogen and oxygen atoms in total. The number of aliphatic hydroxyl groups excluding tert-OH is 1. The molecule has 2 fully saturated rings. The first-order valence-corrected chi connectivity index (χ1v) is 6.79. The number of aliphatic hydroxyl groups is 1. The number of rotatable bonds is 3. The maximum atomic E-state index is 12.0. The molecular weight excluding hydrogens is 230 g/mol. The van der Waals surface area contributed by atoms with Gasteiger partial charge in [-0.3, -0.25) is 4.79 Å². The Morgan fingerprint density at radius 3 is 2.44 bits per heavy atom. The second-order valence-corrected chi connectivity index (χ2v) is 6.19. The molecule has 104 valence electrons. The fraction of sp³-hybridized carbons (Fsp3) is 0.923. The number of amides is 1. The Morgan fingerprint density at radius 1 is 1.33 bits per heavy atom. The molecule has 2 atom stereocenters. The van der Waals surface area contributed by atoms with Gasteiger partial charge in [0.25, 0.3) is 0 Å². The highest BCUT2D eigenvalue weighted by Crippen LogP contribution is 2.40. The van der Waals surface area contributed by atoms with E-state index in [2.05, 4.69) is 17.3 Å². The van der Waals surface area contributed by atoms with E-state index in [-0.39, 0.29) is 23.5 Å². The van der Waals surface area contributed by atoms with Gasteiger partial charge in [-0.2, -0.15) is 0 Å². The first-order valence-electron chi connectivity index (χ1n) is 6.79. The van der Waals surface area contributed by atoms with Crippen molar-refractivity contribution in [1.29, 1.82) is 0 Å². The van der Waals surface area contributed by atoms with E-state index >= 15 is 0 Å². The van der Waals surface area contributed by atoms with Crippen LogP contribution < -0.4 is 5.32 Å². The molecule has 2 rings (SSSR count). The summed E-state index contributed by atoms with van der Waals surface area (Å²) in [5.74, 6) is 0.181. The highest BCUT2D eigenvalue weighted by atomic mass is 16.3. The zero-order valence-corrected chi connectivity index (χ0v) is 11.6. The Bertz CT molecular complexity index is 311. The van der Waals surface area contributed by atoms with Gasteiger partial charge in [-0.1, -0.05) is 13.8 Å². The molecule has 1 saturated carbocycles. The van der Waals surface area contributed by atoms with E-state index in [0.717, 1.165) is 32.6 Å². The normalized spacial score (nSPS) is 32.1. The minimum atomic E-state index is -0.242.